The van der Waals surface area contributed by atoms with E-state index in [1.54, 1.807) is 11.8 Å². The minimum absolute atomic E-state index is 0.137. The maximum Gasteiger partial charge on any atom is 0.202 e. The van der Waals surface area contributed by atoms with Gasteiger partial charge in [-0.3, -0.25) is 4.79 Å². The number of hydrogen-bond donors (Lipinski definition) is 0. The first-order valence-electron chi connectivity index (χ1n) is 7.40. The van der Waals surface area contributed by atoms with Gasteiger partial charge in [0.2, 0.25) is 5.78 Å². The van der Waals surface area contributed by atoms with Gasteiger partial charge in [0.1, 0.15) is 0 Å². The lowest BCUT2D eigenvalue weighted by atomic mass is 10.0. The van der Waals surface area contributed by atoms with Crippen LogP contribution in [-0.2, 0) is 0 Å². The maximum atomic E-state index is 12.7. The number of Topliss-reactive ketones (excluding diaryl/α,β-unsaturated/α-hetero) is 1. The second kappa shape index (κ2) is 5.18. The average Bonchev–Trinajstić information content (AvgIpc) is 2.91. The summed E-state index contributed by atoms with van der Waals surface area (Å²) in [6.45, 7) is 2.96. The predicted molar refractivity (Wildman–Crippen MR) is 92.2 cm³/mol. The Bertz CT molecular complexity index is 835. The smallest absolute Gasteiger partial charge is 0.202 e. The topological polar surface area (TPSA) is 20.3 Å². The summed E-state index contributed by atoms with van der Waals surface area (Å²) in [5.41, 5.74) is 4.19. The summed E-state index contributed by atoms with van der Waals surface area (Å²) in [4.78, 5) is 16.8. The van der Waals surface area contributed by atoms with Crippen LogP contribution in [0.3, 0.4) is 0 Å². The monoisotopic (exact) mass is 305 g/mol. The van der Waals surface area contributed by atoms with Gasteiger partial charge >= 0.3 is 0 Å². The van der Waals surface area contributed by atoms with E-state index in [2.05, 4.69) is 36.1 Å². The van der Waals surface area contributed by atoms with E-state index in [9.17, 15) is 4.79 Å². The molecule has 0 aliphatic carbocycles. The number of thioether (sulfide) groups is 1. The van der Waals surface area contributed by atoms with Gasteiger partial charge in [-0.2, -0.15) is 0 Å². The minimum Gasteiger partial charge on any atom is -0.340 e. The van der Waals surface area contributed by atoms with Crippen LogP contribution in [0.25, 0.3) is 6.08 Å². The molecule has 108 valence electrons. The van der Waals surface area contributed by atoms with E-state index in [1.165, 1.54) is 11.3 Å². The molecular formula is C19H15NOS. The van der Waals surface area contributed by atoms with E-state index in [1.807, 2.05) is 36.4 Å². The third-order valence-electron chi connectivity index (χ3n) is 4.04. The Morgan fingerprint density at radius 1 is 1.00 bits per heavy atom. The van der Waals surface area contributed by atoms with Crippen molar-refractivity contribution in [1.82, 2.24) is 0 Å². The van der Waals surface area contributed by atoms with E-state index in [0.29, 0.717) is 0 Å². The Kier molecular flexibility index (Phi) is 3.16. The molecule has 2 aliphatic rings. The van der Waals surface area contributed by atoms with E-state index in [0.717, 1.165) is 27.6 Å². The minimum atomic E-state index is 0.137. The largest absolute Gasteiger partial charge is 0.340 e. The molecule has 0 spiro atoms. The number of hydrogen-bond acceptors (Lipinski definition) is 3. The third-order valence-corrected chi connectivity index (χ3v) is 5.21. The molecule has 0 N–H and O–H groups in total. The first-order valence-corrected chi connectivity index (χ1v) is 8.21. The number of nitrogens with zero attached hydrogens (tertiary/aromatic N) is 1. The quantitative estimate of drug-likeness (QED) is 0.710. The molecule has 0 bridgehead atoms. The first-order chi connectivity index (χ1) is 10.8. The molecule has 0 radical (unpaired) electrons. The highest BCUT2D eigenvalue weighted by Gasteiger charge is 2.30. The molecule has 2 heterocycles. The summed E-state index contributed by atoms with van der Waals surface area (Å²) in [7, 11) is 0. The molecule has 2 aromatic carbocycles. The van der Waals surface area contributed by atoms with Crippen molar-refractivity contribution in [3.05, 3.63) is 76.3 Å². The van der Waals surface area contributed by atoms with Crippen molar-refractivity contribution in [2.24, 2.45) is 0 Å². The first kappa shape index (κ1) is 13.4. The molecule has 4 rings (SSSR count). The van der Waals surface area contributed by atoms with Crippen LogP contribution in [0.5, 0.6) is 0 Å². The normalized spacial score (nSPS) is 19.3. The van der Waals surface area contributed by atoms with Crippen molar-refractivity contribution in [1.29, 1.82) is 0 Å². The molecule has 0 unspecified atom stereocenters. The Morgan fingerprint density at radius 3 is 2.59 bits per heavy atom. The molecule has 2 aliphatic heterocycles. The Labute approximate surface area is 134 Å². The zero-order valence-corrected chi connectivity index (χ0v) is 13.1. The van der Waals surface area contributed by atoms with E-state index >= 15 is 0 Å². The lowest BCUT2D eigenvalue weighted by molar-refractivity contribution is 0.104. The second-order valence-corrected chi connectivity index (χ2v) is 6.33. The summed E-state index contributed by atoms with van der Waals surface area (Å²) in [5, 5.41) is 0. The van der Waals surface area contributed by atoms with Crippen LogP contribution in [0.1, 0.15) is 22.8 Å². The van der Waals surface area contributed by atoms with Crippen molar-refractivity contribution in [3.8, 4) is 0 Å². The van der Waals surface area contributed by atoms with Crippen LogP contribution in [0, 0.1) is 0 Å². The maximum absolute atomic E-state index is 12.7. The van der Waals surface area contributed by atoms with Gasteiger partial charge in [-0.05, 0) is 36.8 Å². The van der Waals surface area contributed by atoms with Gasteiger partial charge in [0.15, 0.2) is 0 Å². The molecular weight excluding hydrogens is 290 g/mol. The molecule has 0 aromatic heterocycles. The Hall–Kier alpha value is -2.26. The fourth-order valence-corrected chi connectivity index (χ4v) is 4.11. The van der Waals surface area contributed by atoms with Crippen LogP contribution in [-0.4, -0.2) is 12.3 Å². The fraction of sp³-hybridized carbons (Fsp3) is 0.105. The van der Waals surface area contributed by atoms with Crippen LogP contribution >= 0.6 is 11.8 Å². The predicted octanol–water partition coefficient (Wildman–Crippen LogP) is 4.74. The molecule has 0 atom stereocenters. The van der Waals surface area contributed by atoms with E-state index in [4.69, 9.17) is 0 Å². The fourth-order valence-electron chi connectivity index (χ4n) is 2.99. The van der Waals surface area contributed by atoms with Crippen LogP contribution in [0.4, 0.5) is 5.69 Å². The van der Waals surface area contributed by atoms with Crippen molar-refractivity contribution in [2.45, 2.75) is 11.8 Å². The van der Waals surface area contributed by atoms with Crippen molar-refractivity contribution >= 4 is 29.3 Å². The summed E-state index contributed by atoms with van der Waals surface area (Å²) in [6, 6.07) is 16.1. The number of fused-ring (bicyclic) bond motifs is 2. The van der Waals surface area contributed by atoms with Gasteiger partial charge in [0, 0.05) is 22.7 Å². The van der Waals surface area contributed by atoms with Gasteiger partial charge in [-0.25, -0.2) is 0 Å². The lowest BCUT2D eigenvalue weighted by Crippen LogP contribution is -2.25. The number of allylic oxidation sites excluding steroid dienone is 2. The zero-order chi connectivity index (χ0) is 15.1. The number of para-hydroxylation sites is 1. The number of carbonyl (C=O) groups excluding carboxylic acids is 1. The third kappa shape index (κ3) is 1.93. The number of benzene rings is 2. The van der Waals surface area contributed by atoms with E-state index < -0.39 is 0 Å². The van der Waals surface area contributed by atoms with Crippen LogP contribution in [0.2, 0.25) is 0 Å². The number of likely N-dealkylation sites (N-methyl/N-ethyl adjacent to an activating group) is 1. The zero-order valence-electron chi connectivity index (χ0n) is 12.2. The molecule has 22 heavy (non-hydrogen) atoms. The molecule has 2 nitrogen and oxygen atoms in total. The van der Waals surface area contributed by atoms with Crippen molar-refractivity contribution < 1.29 is 4.79 Å². The molecule has 0 fully saturated rings. The summed E-state index contributed by atoms with van der Waals surface area (Å²) in [6.07, 6.45) is 4.17. The van der Waals surface area contributed by atoms with E-state index in [-0.39, 0.29) is 5.78 Å². The van der Waals surface area contributed by atoms with Gasteiger partial charge in [0.25, 0.3) is 0 Å². The van der Waals surface area contributed by atoms with Crippen LogP contribution in [0.15, 0.2) is 70.1 Å². The average molecular weight is 305 g/mol. The van der Waals surface area contributed by atoms with Gasteiger partial charge in [-0.15, -0.1) is 0 Å². The molecule has 3 heteroatoms. The molecule has 0 saturated heterocycles. The summed E-state index contributed by atoms with van der Waals surface area (Å²) < 4.78 is 0. The molecule has 0 amide bonds. The molecule has 2 aromatic rings. The standard InChI is InChI=1S/C19H15NOS/c1-2-20-15-9-5-3-7-13(15)11-12-16(20)19-18(21)14-8-4-6-10-17(14)22-19/h3-12H,2H2,1H3. The van der Waals surface area contributed by atoms with Gasteiger partial charge in [0.05, 0.1) is 10.6 Å². The van der Waals surface area contributed by atoms with Crippen molar-refractivity contribution in [2.75, 3.05) is 11.4 Å². The molecule has 0 saturated carbocycles. The number of ketones is 1. The van der Waals surface area contributed by atoms with Crippen LogP contribution < -0.4 is 4.90 Å². The lowest BCUT2D eigenvalue weighted by Gasteiger charge is -2.30. The summed E-state index contributed by atoms with van der Waals surface area (Å²) >= 11 is 1.58. The number of anilines is 1. The highest BCUT2D eigenvalue weighted by molar-refractivity contribution is 8.04. The highest BCUT2D eigenvalue weighted by Crippen LogP contribution is 2.44. The van der Waals surface area contributed by atoms with Gasteiger partial charge < -0.3 is 4.90 Å². The Morgan fingerprint density at radius 2 is 1.77 bits per heavy atom. The SMILES string of the molecule is CCN1C(=C2Sc3ccccc3C2=O)C=Cc2ccccc21. The van der Waals surface area contributed by atoms with Crippen molar-refractivity contribution in [3.63, 3.8) is 0 Å². The van der Waals surface area contributed by atoms with Gasteiger partial charge in [-0.1, -0.05) is 48.2 Å². The number of carbonyl (C=O) groups is 1. The Balaban J connectivity index is 1.86. The highest BCUT2D eigenvalue weighted by atomic mass is 32.2. The second-order valence-electron chi connectivity index (χ2n) is 5.28. The summed E-state index contributed by atoms with van der Waals surface area (Å²) in [5.74, 6) is 0.137. The number of rotatable bonds is 1.